The minimum atomic E-state index is 0.719. The Morgan fingerprint density at radius 3 is 1.81 bits per heavy atom. The fourth-order valence-corrected chi connectivity index (χ4v) is 5.98. The lowest BCUT2D eigenvalue weighted by Crippen LogP contribution is -2.25. The second-order valence-corrected chi connectivity index (χ2v) is 9.78. The Morgan fingerprint density at radius 2 is 1.22 bits per heavy atom. The third-order valence-corrected chi connectivity index (χ3v) is 7.77. The molecule has 0 heterocycles. The van der Waals surface area contributed by atoms with Gasteiger partial charge in [-0.15, -0.1) is 0 Å². The molecule has 1 aliphatic carbocycles. The lowest BCUT2D eigenvalue weighted by molar-refractivity contribution is 0.182. The van der Waals surface area contributed by atoms with Crippen molar-refractivity contribution in [3.05, 3.63) is 84.4 Å². The molecule has 32 heavy (non-hydrogen) atoms. The topological polar surface area (TPSA) is 0 Å². The van der Waals surface area contributed by atoms with Crippen molar-refractivity contribution < 1.29 is 0 Å². The van der Waals surface area contributed by atoms with E-state index in [2.05, 4.69) is 92.7 Å². The Morgan fingerprint density at radius 1 is 0.656 bits per heavy atom. The number of benzene rings is 3. The van der Waals surface area contributed by atoms with Crippen LogP contribution in [0.2, 0.25) is 0 Å². The molecule has 1 aliphatic rings. The smallest absolute Gasteiger partial charge is 0.0134 e. The zero-order valence-corrected chi connectivity index (χ0v) is 20.1. The molecule has 1 fully saturated rings. The Bertz CT molecular complexity index is 920. The number of hydrogen-bond acceptors (Lipinski definition) is 0. The second-order valence-electron chi connectivity index (χ2n) is 9.78. The molecule has 0 N–H and O–H groups in total. The first-order valence-electron chi connectivity index (χ1n) is 13.1. The molecule has 4 rings (SSSR count). The van der Waals surface area contributed by atoms with Crippen LogP contribution in [0, 0.1) is 11.8 Å². The van der Waals surface area contributed by atoms with E-state index in [1.807, 2.05) is 0 Å². The van der Waals surface area contributed by atoms with Gasteiger partial charge in [0, 0.05) is 0 Å². The van der Waals surface area contributed by atoms with Crippen molar-refractivity contribution in [2.24, 2.45) is 11.8 Å². The number of unbranched alkanes of at least 4 members (excludes halogenated alkanes) is 2. The third kappa shape index (κ3) is 5.52. The van der Waals surface area contributed by atoms with Gasteiger partial charge in [-0.2, -0.15) is 0 Å². The maximum atomic E-state index is 2.42. The molecular weight excluding hydrogens is 384 g/mol. The predicted octanol–water partition coefficient (Wildman–Crippen LogP) is 9.90. The van der Waals surface area contributed by atoms with E-state index in [1.165, 1.54) is 80.0 Å². The van der Waals surface area contributed by atoms with Gasteiger partial charge in [0.05, 0.1) is 0 Å². The highest BCUT2D eigenvalue weighted by Crippen LogP contribution is 2.44. The third-order valence-electron chi connectivity index (χ3n) is 7.77. The first-order chi connectivity index (χ1) is 15.8. The van der Waals surface area contributed by atoms with E-state index in [0.29, 0.717) is 0 Å². The molecule has 0 radical (unpaired) electrons. The van der Waals surface area contributed by atoms with Crippen molar-refractivity contribution in [2.75, 3.05) is 0 Å². The lowest BCUT2D eigenvalue weighted by Gasteiger charge is -2.37. The van der Waals surface area contributed by atoms with Gasteiger partial charge >= 0.3 is 0 Å². The largest absolute Gasteiger partial charge is 0.0654 e. The van der Waals surface area contributed by atoms with Crippen molar-refractivity contribution in [1.29, 1.82) is 0 Å². The molecular formula is C32H40. The van der Waals surface area contributed by atoms with Gasteiger partial charge in [0.25, 0.3) is 0 Å². The van der Waals surface area contributed by atoms with Crippen molar-refractivity contribution >= 4 is 0 Å². The predicted molar refractivity (Wildman–Crippen MR) is 140 cm³/mol. The van der Waals surface area contributed by atoms with E-state index < -0.39 is 0 Å². The molecule has 0 bridgehead atoms. The molecule has 3 aromatic rings. The molecule has 3 aromatic carbocycles. The highest BCUT2D eigenvalue weighted by Gasteiger charge is 2.31. The highest BCUT2D eigenvalue weighted by atomic mass is 14.4. The van der Waals surface area contributed by atoms with E-state index in [0.717, 1.165) is 17.8 Å². The van der Waals surface area contributed by atoms with E-state index in [9.17, 15) is 0 Å². The van der Waals surface area contributed by atoms with Crippen LogP contribution in [0.1, 0.15) is 83.1 Å². The fraction of sp³-hybridized carbons (Fsp3) is 0.438. The number of hydrogen-bond donors (Lipinski definition) is 0. The molecule has 3 unspecified atom stereocenters. The maximum absolute atomic E-state index is 2.42. The lowest BCUT2D eigenvalue weighted by atomic mass is 9.68. The van der Waals surface area contributed by atoms with Crippen molar-refractivity contribution in [3.63, 3.8) is 0 Å². The molecule has 1 saturated carbocycles. The summed E-state index contributed by atoms with van der Waals surface area (Å²) < 4.78 is 0. The molecule has 0 aliphatic heterocycles. The van der Waals surface area contributed by atoms with Gasteiger partial charge in [-0.1, -0.05) is 138 Å². The number of rotatable bonds is 9. The summed E-state index contributed by atoms with van der Waals surface area (Å²) in [5, 5.41) is 0. The monoisotopic (exact) mass is 424 g/mol. The Kier molecular flexibility index (Phi) is 8.21. The summed E-state index contributed by atoms with van der Waals surface area (Å²) >= 11 is 0. The summed E-state index contributed by atoms with van der Waals surface area (Å²) in [6.45, 7) is 4.72. The summed E-state index contributed by atoms with van der Waals surface area (Å²) in [6.07, 6.45) is 12.6. The van der Waals surface area contributed by atoms with Gasteiger partial charge in [0.1, 0.15) is 0 Å². The zero-order valence-electron chi connectivity index (χ0n) is 20.1. The van der Waals surface area contributed by atoms with Crippen molar-refractivity contribution in [2.45, 2.75) is 77.6 Å². The maximum Gasteiger partial charge on any atom is -0.0134 e. The van der Waals surface area contributed by atoms with Crippen LogP contribution in [0.15, 0.2) is 78.9 Å². The van der Waals surface area contributed by atoms with Crippen LogP contribution in [0.4, 0.5) is 0 Å². The van der Waals surface area contributed by atoms with Crippen LogP contribution in [0.25, 0.3) is 22.3 Å². The van der Waals surface area contributed by atoms with Crippen LogP contribution in [0.3, 0.4) is 0 Å². The van der Waals surface area contributed by atoms with E-state index in [1.54, 1.807) is 5.56 Å². The molecule has 0 aromatic heterocycles. The van der Waals surface area contributed by atoms with Crippen molar-refractivity contribution in [1.82, 2.24) is 0 Å². The van der Waals surface area contributed by atoms with Gasteiger partial charge < -0.3 is 0 Å². The molecule has 0 heteroatoms. The Balaban J connectivity index is 1.48. The van der Waals surface area contributed by atoms with Gasteiger partial charge in [-0.05, 0) is 58.4 Å². The SMILES string of the molecule is CCCCCC1CCCCC1C(CC)c1ccc(-c2ccc(-c3ccccc3)cc2)cc1. The molecule has 3 atom stereocenters. The fourth-order valence-electron chi connectivity index (χ4n) is 5.98. The van der Waals surface area contributed by atoms with E-state index >= 15 is 0 Å². The van der Waals surface area contributed by atoms with Gasteiger partial charge in [-0.25, -0.2) is 0 Å². The van der Waals surface area contributed by atoms with Crippen LogP contribution >= 0.6 is 0 Å². The summed E-state index contributed by atoms with van der Waals surface area (Å²) in [5.41, 5.74) is 6.75. The quantitative estimate of drug-likeness (QED) is 0.300. The molecule has 0 spiro atoms. The Hall–Kier alpha value is -2.34. The van der Waals surface area contributed by atoms with Crippen LogP contribution in [0.5, 0.6) is 0 Å². The summed E-state index contributed by atoms with van der Waals surface area (Å²) in [5.74, 6) is 2.53. The molecule has 0 amide bonds. The Labute approximate surface area is 196 Å². The zero-order chi connectivity index (χ0) is 22.2. The van der Waals surface area contributed by atoms with E-state index in [-0.39, 0.29) is 0 Å². The van der Waals surface area contributed by atoms with Crippen LogP contribution in [-0.2, 0) is 0 Å². The second kappa shape index (κ2) is 11.5. The van der Waals surface area contributed by atoms with Gasteiger partial charge in [0.2, 0.25) is 0 Å². The average molecular weight is 425 g/mol. The first-order valence-corrected chi connectivity index (χ1v) is 13.1. The summed E-state index contributed by atoms with van der Waals surface area (Å²) in [6, 6.07) is 29.2. The van der Waals surface area contributed by atoms with Crippen LogP contribution < -0.4 is 0 Å². The van der Waals surface area contributed by atoms with Crippen molar-refractivity contribution in [3.8, 4) is 22.3 Å². The first kappa shape index (κ1) is 22.8. The summed E-state index contributed by atoms with van der Waals surface area (Å²) in [4.78, 5) is 0. The minimum absolute atomic E-state index is 0.719. The van der Waals surface area contributed by atoms with Gasteiger partial charge in [0.15, 0.2) is 0 Å². The van der Waals surface area contributed by atoms with Crippen LogP contribution in [-0.4, -0.2) is 0 Å². The minimum Gasteiger partial charge on any atom is -0.0654 e. The van der Waals surface area contributed by atoms with E-state index in [4.69, 9.17) is 0 Å². The van der Waals surface area contributed by atoms with Gasteiger partial charge in [-0.3, -0.25) is 0 Å². The standard InChI is InChI=1S/C32H40/c1-3-5-7-14-29-15-10-11-16-32(29)31(4-2)30-23-21-28(22-24-30)27-19-17-26(18-20-27)25-12-8-6-9-13-25/h6,8-9,12-13,17-24,29,31-32H,3-5,7,10-11,14-16H2,1-2H3. The summed E-state index contributed by atoms with van der Waals surface area (Å²) in [7, 11) is 0. The normalized spacial score (nSPS) is 19.6. The molecule has 0 saturated heterocycles. The molecule has 0 nitrogen and oxygen atoms in total. The molecule has 168 valence electrons. The average Bonchev–Trinajstić information content (AvgIpc) is 2.87. The highest BCUT2D eigenvalue weighted by molar-refractivity contribution is 5.70.